The molecule has 0 unspecified atom stereocenters. The van der Waals surface area contributed by atoms with Crippen LogP contribution in [-0.4, -0.2) is 40.6 Å². The molecular weight excluding hydrogens is 342 g/mol. The van der Waals surface area contributed by atoms with Crippen LogP contribution in [0.5, 0.6) is 5.75 Å². The highest BCUT2D eigenvalue weighted by molar-refractivity contribution is 5.78. The number of nitrogens with zero attached hydrogens (tertiary/aromatic N) is 3. The summed E-state index contributed by atoms with van der Waals surface area (Å²) in [5.41, 5.74) is 2.68. The summed E-state index contributed by atoms with van der Waals surface area (Å²) in [6, 6.07) is 15.3. The molecule has 0 aliphatic carbocycles. The highest BCUT2D eigenvalue weighted by atomic mass is 16.5. The average molecular weight is 363 g/mol. The van der Waals surface area contributed by atoms with Gasteiger partial charge in [-0.3, -0.25) is 4.79 Å². The molecular formula is C21H21N3O3. The van der Waals surface area contributed by atoms with Gasteiger partial charge in [0.1, 0.15) is 5.75 Å². The predicted octanol–water partition coefficient (Wildman–Crippen LogP) is 3.71. The van der Waals surface area contributed by atoms with Crippen LogP contribution >= 0.6 is 0 Å². The fourth-order valence-corrected chi connectivity index (χ4v) is 3.23. The Morgan fingerprint density at radius 2 is 1.78 bits per heavy atom. The first-order chi connectivity index (χ1) is 13.2. The molecule has 3 aromatic rings. The first-order valence-corrected chi connectivity index (χ1v) is 9.12. The van der Waals surface area contributed by atoms with Crippen molar-refractivity contribution >= 4 is 5.91 Å². The molecule has 0 radical (unpaired) electrons. The van der Waals surface area contributed by atoms with Crippen LogP contribution in [-0.2, 0) is 4.79 Å². The quantitative estimate of drug-likeness (QED) is 0.691. The van der Waals surface area contributed by atoms with E-state index in [-0.39, 0.29) is 12.5 Å². The zero-order valence-electron chi connectivity index (χ0n) is 15.2. The topological polar surface area (TPSA) is 68.5 Å². The van der Waals surface area contributed by atoms with Gasteiger partial charge in [0.25, 0.3) is 11.8 Å². The van der Waals surface area contributed by atoms with E-state index in [0.717, 1.165) is 37.1 Å². The maximum atomic E-state index is 12.2. The molecule has 0 N–H and O–H groups in total. The van der Waals surface area contributed by atoms with Gasteiger partial charge in [-0.25, -0.2) is 0 Å². The molecule has 0 bridgehead atoms. The number of carbonyl (C=O) groups is 1. The van der Waals surface area contributed by atoms with Crippen molar-refractivity contribution in [3.8, 4) is 28.6 Å². The molecule has 1 saturated heterocycles. The van der Waals surface area contributed by atoms with Gasteiger partial charge in [-0.15, -0.1) is 0 Å². The maximum absolute atomic E-state index is 12.2. The Hall–Kier alpha value is -3.15. The fourth-order valence-electron chi connectivity index (χ4n) is 3.23. The van der Waals surface area contributed by atoms with Crippen molar-refractivity contribution in [2.24, 2.45) is 0 Å². The summed E-state index contributed by atoms with van der Waals surface area (Å²) in [4.78, 5) is 18.6. The lowest BCUT2D eigenvalue weighted by atomic mass is 10.1. The normalized spacial score (nSPS) is 13.7. The summed E-state index contributed by atoms with van der Waals surface area (Å²) in [6.07, 6.45) is 2.12. The van der Waals surface area contributed by atoms with Crippen molar-refractivity contribution in [3.05, 3.63) is 54.1 Å². The number of hydrogen-bond donors (Lipinski definition) is 0. The van der Waals surface area contributed by atoms with E-state index in [2.05, 4.69) is 10.1 Å². The van der Waals surface area contributed by atoms with Crippen LogP contribution in [0.4, 0.5) is 0 Å². The van der Waals surface area contributed by atoms with Crippen LogP contribution in [0.1, 0.15) is 18.4 Å². The molecule has 4 rings (SSSR count). The second kappa shape index (κ2) is 7.61. The maximum Gasteiger partial charge on any atom is 0.262 e. The molecule has 1 amide bonds. The van der Waals surface area contributed by atoms with Gasteiger partial charge in [-0.05, 0) is 37.5 Å². The number of benzene rings is 2. The number of aryl methyl sites for hydroxylation is 1. The van der Waals surface area contributed by atoms with Crippen molar-refractivity contribution in [3.63, 3.8) is 0 Å². The Morgan fingerprint density at radius 3 is 2.56 bits per heavy atom. The van der Waals surface area contributed by atoms with Gasteiger partial charge >= 0.3 is 0 Å². The minimum Gasteiger partial charge on any atom is -0.483 e. The first-order valence-electron chi connectivity index (χ1n) is 9.12. The molecule has 0 saturated carbocycles. The molecule has 1 aliphatic rings. The molecule has 6 nitrogen and oxygen atoms in total. The number of ether oxygens (including phenoxy) is 1. The Bertz CT molecular complexity index is 945. The molecule has 2 heterocycles. The predicted molar refractivity (Wildman–Crippen MR) is 101 cm³/mol. The van der Waals surface area contributed by atoms with Gasteiger partial charge in [-0.2, -0.15) is 4.98 Å². The average Bonchev–Trinajstić information content (AvgIpc) is 3.39. The standard InChI is InChI=1S/C21H21N3O3/c1-15-8-2-3-9-16(15)20-22-21(27-23-20)17-10-4-5-11-18(17)26-14-19(25)24-12-6-7-13-24/h2-5,8-11H,6-7,12-14H2,1H3. The van der Waals surface area contributed by atoms with E-state index in [1.807, 2.05) is 60.4 Å². The Kier molecular flexibility index (Phi) is 4.87. The molecule has 1 aliphatic heterocycles. The lowest BCUT2D eigenvalue weighted by Crippen LogP contribution is -2.32. The zero-order valence-corrected chi connectivity index (χ0v) is 15.2. The smallest absolute Gasteiger partial charge is 0.262 e. The van der Waals surface area contributed by atoms with E-state index in [0.29, 0.717) is 23.0 Å². The van der Waals surface area contributed by atoms with Gasteiger partial charge in [0.05, 0.1) is 5.56 Å². The summed E-state index contributed by atoms with van der Waals surface area (Å²) in [7, 11) is 0. The van der Waals surface area contributed by atoms with E-state index < -0.39 is 0 Å². The SMILES string of the molecule is Cc1ccccc1-c1noc(-c2ccccc2OCC(=O)N2CCCC2)n1. The van der Waals surface area contributed by atoms with Crippen LogP contribution in [0, 0.1) is 6.92 Å². The third-order valence-corrected chi connectivity index (χ3v) is 4.74. The van der Waals surface area contributed by atoms with Crippen molar-refractivity contribution < 1.29 is 14.1 Å². The van der Waals surface area contributed by atoms with Crippen LogP contribution in [0.25, 0.3) is 22.8 Å². The molecule has 0 spiro atoms. The number of aromatic nitrogens is 2. The number of amides is 1. The monoisotopic (exact) mass is 363 g/mol. The summed E-state index contributed by atoms with van der Waals surface area (Å²) in [6.45, 7) is 3.64. The Labute approximate surface area is 157 Å². The van der Waals surface area contributed by atoms with Crippen LogP contribution in [0.2, 0.25) is 0 Å². The third-order valence-electron chi connectivity index (χ3n) is 4.74. The van der Waals surface area contributed by atoms with Crippen molar-refractivity contribution in [1.29, 1.82) is 0 Å². The lowest BCUT2D eigenvalue weighted by molar-refractivity contribution is -0.132. The lowest BCUT2D eigenvalue weighted by Gasteiger charge is -2.16. The van der Waals surface area contributed by atoms with Gasteiger partial charge in [0.15, 0.2) is 6.61 Å². The summed E-state index contributed by atoms with van der Waals surface area (Å²) < 4.78 is 11.3. The highest BCUT2D eigenvalue weighted by Gasteiger charge is 2.20. The summed E-state index contributed by atoms with van der Waals surface area (Å²) in [5, 5.41) is 4.11. The molecule has 138 valence electrons. The Morgan fingerprint density at radius 1 is 1.07 bits per heavy atom. The Balaban J connectivity index is 1.54. The van der Waals surface area contributed by atoms with Crippen LogP contribution in [0.3, 0.4) is 0 Å². The highest BCUT2D eigenvalue weighted by Crippen LogP contribution is 2.30. The molecule has 1 fully saturated rings. The molecule has 6 heteroatoms. The van der Waals surface area contributed by atoms with Gasteiger partial charge in [-0.1, -0.05) is 41.6 Å². The first kappa shape index (κ1) is 17.3. The van der Waals surface area contributed by atoms with E-state index in [9.17, 15) is 4.79 Å². The molecule has 0 atom stereocenters. The minimum atomic E-state index is 0.00781. The molecule has 2 aromatic carbocycles. The van der Waals surface area contributed by atoms with Gasteiger partial charge in [0.2, 0.25) is 5.82 Å². The van der Waals surface area contributed by atoms with E-state index in [4.69, 9.17) is 9.26 Å². The van der Waals surface area contributed by atoms with Crippen molar-refractivity contribution in [1.82, 2.24) is 15.0 Å². The van der Waals surface area contributed by atoms with Crippen LogP contribution in [0.15, 0.2) is 53.1 Å². The van der Waals surface area contributed by atoms with Gasteiger partial charge in [0, 0.05) is 18.7 Å². The van der Waals surface area contributed by atoms with Crippen molar-refractivity contribution in [2.45, 2.75) is 19.8 Å². The minimum absolute atomic E-state index is 0.00781. The second-order valence-corrected chi connectivity index (χ2v) is 6.61. The van der Waals surface area contributed by atoms with E-state index in [1.165, 1.54) is 0 Å². The van der Waals surface area contributed by atoms with Crippen LogP contribution < -0.4 is 4.74 Å². The van der Waals surface area contributed by atoms with E-state index >= 15 is 0 Å². The number of likely N-dealkylation sites (tertiary alicyclic amines) is 1. The van der Waals surface area contributed by atoms with Gasteiger partial charge < -0.3 is 14.2 Å². The largest absolute Gasteiger partial charge is 0.483 e. The van der Waals surface area contributed by atoms with Crippen molar-refractivity contribution in [2.75, 3.05) is 19.7 Å². The molecule has 1 aromatic heterocycles. The summed E-state index contributed by atoms with van der Waals surface area (Å²) in [5.74, 6) is 1.47. The number of rotatable bonds is 5. The third kappa shape index (κ3) is 3.69. The molecule has 27 heavy (non-hydrogen) atoms. The number of carbonyl (C=O) groups excluding carboxylic acids is 1. The zero-order chi connectivity index (χ0) is 18.6. The fraction of sp³-hybridized carbons (Fsp3) is 0.286. The van der Waals surface area contributed by atoms with E-state index in [1.54, 1.807) is 0 Å². The number of hydrogen-bond acceptors (Lipinski definition) is 5. The second-order valence-electron chi connectivity index (χ2n) is 6.61. The number of para-hydroxylation sites is 1. The summed E-state index contributed by atoms with van der Waals surface area (Å²) >= 11 is 0.